The number of aryl methyl sites for hydroxylation is 1. The average molecular weight is 395 g/mol. The second kappa shape index (κ2) is 7.60. The molecule has 1 fully saturated rings. The van der Waals surface area contributed by atoms with Crippen molar-refractivity contribution in [2.45, 2.75) is 18.8 Å². The van der Waals surface area contributed by atoms with Gasteiger partial charge in [0.25, 0.3) is 5.91 Å². The van der Waals surface area contributed by atoms with Crippen molar-refractivity contribution < 1.29 is 9.90 Å². The van der Waals surface area contributed by atoms with Crippen LogP contribution in [0.2, 0.25) is 10.0 Å². The van der Waals surface area contributed by atoms with E-state index in [2.05, 4.69) is 17.6 Å². The second-order valence-corrected chi connectivity index (χ2v) is 7.49. The van der Waals surface area contributed by atoms with Gasteiger partial charge in [-0.15, -0.1) is 0 Å². The maximum absolute atomic E-state index is 12.2. The molecule has 0 spiro atoms. The molecule has 0 radical (unpaired) electrons. The molecule has 2 aromatic carbocycles. The molecule has 2 aromatic rings. The largest absolute Gasteiger partial charge is 0.506 e. The van der Waals surface area contributed by atoms with Gasteiger partial charge in [0, 0.05) is 16.3 Å². The average Bonchev–Trinajstić information content (AvgIpc) is 2.92. The number of aromatic hydroxyl groups is 1. The van der Waals surface area contributed by atoms with Gasteiger partial charge < -0.3 is 15.7 Å². The van der Waals surface area contributed by atoms with Crippen LogP contribution in [0.15, 0.2) is 41.3 Å². The molecule has 0 unspecified atom stereocenters. The van der Waals surface area contributed by atoms with Crippen molar-refractivity contribution in [1.29, 1.82) is 0 Å². The molecular weight excluding hydrogens is 379 g/mol. The van der Waals surface area contributed by atoms with E-state index < -0.39 is 0 Å². The summed E-state index contributed by atoms with van der Waals surface area (Å²) in [6.45, 7) is 2.10. The van der Waals surface area contributed by atoms with Crippen LogP contribution in [0.5, 0.6) is 5.75 Å². The molecule has 1 heterocycles. The Kier molecular flexibility index (Phi) is 5.47. The molecule has 0 saturated carbocycles. The summed E-state index contributed by atoms with van der Waals surface area (Å²) in [6.07, 6.45) is 2.56. The summed E-state index contributed by atoms with van der Waals surface area (Å²) in [5.74, 6) is -0.318. The summed E-state index contributed by atoms with van der Waals surface area (Å²) in [6, 6.07) is 11.1. The third-order valence-corrected chi connectivity index (χ3v) is 5.27. The molecule has 25 heavy (non-hydrogen) atoms. The Morgan fingerprint density at radius 1 is 1.28 bits per heavy atom. The Labute approximate surface area is 160 Å². The van der Waals surface area contributed by atoms with Gasteiger partial charge in [-0.2, -0.15) is 0 Å². The standard InChI is InChI=1S/C18H16Cl2N2O2S/c1-2-10-3-5-13(6-4-10)21-18-22-17(24)15(25-18)8-11-7-12(19)9-14(20)16(11)23/h3-9,18,21,23H,2H2,1H3,(H,22,24)/b15-8-/t18-/m1/s1. The summed E-state index contributed by atoms with van der Waals surface area (Å²) in [5, 5.41) is 16.7. The van der Waals surface area contributed by atoms with Crippen molar-refractivity contribution in [2.24, 2.45) is 0 Å². The van der Waals surface area contributed by atoms with E-state index in [1.165, 1.54) is 23.4 Å². The third-order valence-electron chi connectivity index (χ3n) is 3.74. The van der Waals surface area contributed by atoms with E-state index in [-0.39, 0.29) is 22.2 Å². The van der Waals surface area contributed by atoms with Gasteiger partial charge >= 0.3 is 0 Å². The first-order valence-corrected chi connectivity index (χ1v) is 9.32. The molecule has 1 atom stereocenters. The second-order valence-electron chi connectivity index (χ2n) is 5.50. The Morgan fingerprint density at radius 2 is 2.00 bits per heavy atom. The van der Waals surface area contributed by atoms with Crippen molar-refractivity contribution in [2.75, 3.05) is 5.32 Å². The van der Waals surface area contributed by atoms with Crippen LogP contribution in [0.3, 0.4) is 0 Å². The zero-order valence-corrected chi connectivity index (χ0v) is 15.7. The lowest BCUT2D eigenvalue weighted by atomic mass is 10.1. The molecule has 0 bridgehead atoms. The lowest BCUT2D eigenvalue weighted by molar-refractivity contribution is -0.116. The highest BCUT2D eigenvalue weighted by Crippen LogP contribution is 2.36. The molecule has 1 amide bonds. The molecule has 1 aliphatic rings. The number of phenols is 1. The predicted molar refractivity (Wildman–Crippen MR) is 105 cm³/mol. The minimum atomic E-state index is -0.289. The SMILES string of the molecule is CCc1ccc(N[C@@H]2NC(=O)/C(=C/c3cc(Cl)cc(Cl)c3O)S2)cc1. The van der Waals surface area contributed by atoms with Gasteiger partial charge in [-0.25, -0.2) is 0 Å². The maximum atomic E-state index is 12.2. The number of phenolic OH excluding ortho intramolecular Hbond substituents is 1. The number of thioether (sulfide) groups is 1. The summed E-state index contributed by atoms with van der Waals surface area (Å²) < 4.78 is 0. The van der Waals surface area contributed by atoms with Crippen molar-refractivity contribution in [3.8, 4) is 5.75 Å². The van der Waals surface area contributed by atoms with E-state index in [0.29, 0.717) is 15.5 Å². The smallest absolute Gasteiger partial charge is 0.260 e. The van der Waals surface area contributed by atoms with Crippen LogP contribution in [-0.4, -0.2) is 16.5 Å². The fourth-order valence-corrected chi connectivity index (χ4v) is 3.88. The summed E-state index contributed by atoms with van der Waals surface area (Å²) in [5.41, 5.74) is 2.29. The number of halogens is 2. The van der Waals surface area contributed by atoms with Crippen LogP contribution in [0.4, 0.5) is 5.69 Å². The van der Waals surface area contributed by atoms with Gasteiger partial charge in [-0.05, 0) is 42.3 Å². The van der Waals surface area contributed by atoms with Crippen LogP contribution in [-0.2, 0) is 11.2 Å². The summed E-state index contributed by atoms with van der Waals surface area (Å²) >= 11 is 13.2. The number of benzene rings is 2. The lowest BCUT2D eigenvalue weighted by Crippen LogP contribution is -2.30. The number of amides is 1. The highest BCUT2D eigenvalue weighted by Gasteiger charge is 2.27. The highest BCUT2D eigenvalue weighted by molar-refractivity contribution is 8.05. The van der Waals surface area contributed by atoms with Gasteiger partial charge in [0.2, 0.25) is 0 Å². The molecule has 7 heteroatoms. The summed E-state index contributed by atoms with van der Waals surface area (Å²) in [4.78, 5) is 12.6. The van der Waals surface area contributed by atoms with Crippen LogP contribution in [0, 0.1) is 0 Å². The minimum absolute atomic E-state index is 0.0986. The van der Waals surface area contributed by atoms with E-state index in [1.807, 2.05) is 24.3 Å². The van der Waals surface area contributed by atoms with Crippen molar-refractivity contribution >= 4 is 52.6 Å². The van der Waals surface area contributed by atoms with E-state index >= 15 is 0 Å². The number of hydrogen-bond donors (Lipinski definition) is 3. The lowest BCUT2D eigenvalue weighted by Gasteiger charge is -2.12. The third kappa shape index (κ3) is 4.24. The Hall–Kier alpha value is -1.82. The van der Waals surface area contributed by atoms with E-state index in [9.17, 15) is 9.90 Å². The van der Waals surface area contributed by atoms with Crippen molar-refractivity contribution in [1.82, 2.24) is 5.32 Å². The quantitative estimate of drug-likeness (QED) is 0.647. The van der Waals surface area contributed by atoms with Gasteiger partial charge in [-0.1, -0.05) is 54.0 Å². The Balaban J connectivity index is 1.76. The predicted octanol–water partition coefficient (Wildman–Crippen LogP) is 4.86. The van der Waals surface area contributed by atoms with Crippen LogP contribution in [0.1, 0.15) is 18.1 Å². The number of hydrogen-bond acceptors (Lipinski definition) is 4. The zero-order chi connectivity index (χ0) is 18.0. The molecule has 3 N–H and O–H groups in total. The molecule has 3 rings (SSSR count). The van der Waals surface area contributed by atoms with Crippen LogP contribution < -0.4 is 10.6 Å². The van der Waals surface area contributed by atoms with E-state index in [4.69, 9.17) is 23.2 Å². The van der Waals surface area contributed by atoms with Crippen LogP contribution >= 0.6 is 35.0 Å². The van der Waals surface area contributed by atoms with Gasteiger partial charge in [0.15, 0.2) is 5.50 Å². The highest BCUT2D eigenvalue weighted by atomic mass is 35.5. The zero-order valence-electron chi connectivity index (χ0n) is 13.3. The number of rotatable bonds is 4. The number of anilines is 1. The van der Waals surface area contributed by atoms with E-state index in [0.717, 1.165) is 12.1 Å². The molecule has 0 aliphatic carbocycles. The van der Waals surface area contributed by atoms with Gasteiger partial charge in [-0.3, -0.25) is 4.79 Å². The minimum Gasteiger partial charge on any atom is -0.506 e. The first-order chi connectivity index (χ1) is 12.0. The maximum Gasteiger partial charge on any atom is 0.260 e. The first-order valence-electron chi connectivity index (χ1n) is 7.69. The normalized spacial score (nSPS) is 18.4. The first kappa shape index (κ1) is 18.0. The molecule has 130 valence electrons. The monoisotopic (exact) mass is 394 g/mol. The molecular formula is C18H16Cl2N2O2S. The molecule has 0 aromatic heterocycles. The fourth-order valence-electron chi connectivity index (χ4n) is 2.39. The summed E-state index contributed by atoms with van der Waals surface area (Å²) in [7, 11) is 0. The van der Waals surface area contributed by atoms with E-state index in [1.54, 1.807) is 12.1 Å². The topological polar surface area (TPSA) is 61.4 Å². The fraction of sp³-hybridized carbons (Fsp3) is 0.167. The molecule has 1 saturated heterocycles. The number of nitrogens with one attached hydrogen (secondary N) is 2. The van der Waals surface area contributed by atoms with Crippen molar-refractivity contribution in [3.05, 3.63) is 62.5 Å². The molecule has 1 aliphatic heterocycles. The number of carbonyl (C=O) groups is 1. The Bertz CT molecular complexity index is 838. The van der Waals surface area contributed by atoms with Crippen molar-refractivity contribution in [3.63, 3.8) is 0 Å². The van der Waals surface area contributed by atoms with Gasteiger partial charge in [0.05, 0.1) is 9.93 Å². The van der Waals surface area contributed by atoms with Crippen LogP contribution in [0.25, 0.3) is 6.08 Å². The van der Waals surface area contributed by atoms with Gasteiger partial charge in [0.1, 0.15) is 5.75 Å². The Morgan fingerprint density at radius 3 is 2.68 bits per heavy atom. The molecule has 4 nitrogen and oxygen atoms in total. The number of carbonyl (C=O) groups excluding carboxylic acids is 1.